The van der Waals surface area contributed by atoms with Gasteiger partial charge in [0.05, 0.1) is 6.54 Å². The minimum Gasteiger partial charge on any atom is -0.454 e. The van der Waals surface area contributed by atoms with Crippen molar-refractivity contribution in [3.8, 4) is 0 Å². The van der Waals surface area contributed by atoms with Crippen molar-refractivity contribution in [3.63, 3.8) is 0 Å². The highest BCUT2D eigenvalue weighted by Crippen LogP contribution is 2.13. The molecule has 0 aliphatic rings. The van der Waals surface area contributed by atoms with Crippen molar-refractivity contribution in [2.75, 3.05) is 14.1 Å². The Morgan fingerprint density at radius 2 is 2.04 bits per heavy atom. The molecular formula is C19H18ClN3O3S. The summed E-state index contributed by atoms with van der Waals surface area (Å²) in [6, 6.07) is 10.1. The fourth-order valence-electron chi connectivity index (χ4n) is 2.44. The van der Waals surface area contributed by atoms with Gasteiger partial charge < -0.3 is 13.9 Å². The van der Waals surface area contributed by atoms with Crippen molar-refractivity contribution in [1.82, 2.24) is 9.47 Å². The molecule has 0 saturated heterocycles. The van der Waals surface area contributed by atoms with Crippen LogP contribution in [0.1, 0.15) is 31.6 Å². The average molecular weight is 404 g/mol. The number of carbonyl (C=O) groups excluding carboxylic acids is 2. The molecule has 0 radical (unpaired) electrons. The van der Waals surface area contributed by atoms with Crippen LogP contribution in [0, 0.1) is 6.92 Å². The van der Waals surface area contributed by atoms with E-state index in [0.717, 1.165) is 4.88 Å². The Hall–Kier alpha value is -2.64. The predicted molar refractivity (Wildman–Crippen MR) is 104 cm³/mol. The Morgan fingerprint density at radius 1 is 1.26 bits per heavy atom. The van der Waals surface area contributed by atoms with Gasteiger partial charge >= 0.3 is 0 Å². The third-order valence-electron chi connectivity index (χ3n) is 3.71. The van der Waals surface area contributed by atoms with Crippen LogP contribution in [0.15, 0.2) is 52.0 Å². The lowest BCUT2D eigenvalue weighted by atomic mass is 10.2. The summed E-state index contributed by atoms with van der Waals surface area (Å²) in [5.41, 5.74) is 0.428. The van der Waals surface area contributed by atoms with Crippen LogP contribution in [0.4, 0.5) is 0 Å². The Morgan fingerprint density at radius 3 is 2.74 bits per heavy atom. The van der Waals surface area contributed by atoms with Gasteiger partial charge in [-0.05, 0) is 37.3 Å². The second-order valence-electron chi connectivity index (χ2n) is 6.15. The van der Waals surface area contributed by atoms with Gasteiger partial charge in [0, 0.05) is 35.8 Å². The SMILES string of the molecule is Cc1cn(Cc2ccc(C(=O)N(C)C)o2)c(=NC(=O)c2cccc(Cl)c2)s1. The number of aromatic nitrogens is 1. The number of benzene rings is 1. The Balaban J connectivity index is 1.88. The second kappa shape index (κ2) is 7.94. The van der Waals surface area contributed by atoms with Crippen LogP contribution >= 0.6 is 22.9 Å². The molecule has 3 aromatic rings. The zero-order valence-corrected chi connectivity index (χ0v) is 16.7. The van der Waals surface area contributed by atoms with E-state index in [9.17, 15) is 9.59 Å². The van der Waals surface area contributed by atoms with Gasteiger partial charge in [0.25, 0.3) is 11.8 Å². The van der Waals surface area contributed by atoms with Crippen LogP contribution in [0.2, 0.25) is 5.02 Å². The number of aryl methyl sites for hydroxylation is 1. The number of hydrogen-bond acceptors (Lipinski definition) is 4. The molecule has 0 N–H and O–H groups in total. The maximum absolute atomic E-state index is 12.4. The van der Waals surface area contributed by atoms with E-state index in [1.807, 2.05) is 17.7 Å². The fraction of sp³-hybridized carbons (Fsp3) is 0.211. The standard InChI is InChI=1S/C19H18ClN3O3S/c1-12-10-23(11-15-7-8-16(26-15)18(25)22(2)3)19(27-12)21-17(24)13-5-4-6-14(20)9-13/h4-10H,11H2,1-3H3. The maximum atomic E-state index is 12.4. The normalized spacial score (nSPS) is 11.6. The van der Waals surface area contributed by atoms with Crippen LogP contribution in [0.3, 0.4) is 0 Å². The van der Waals surface area contributed by atoms with Crippen molar-refractivity contribution in [2.45, 2.75) is 13.5 Å². The molecule has 0 fully saturated rings. The monoisotopic (exact) mass is 403 g/mol. The molecule has 1 aromatic carbocycles. The van der Waals surface area contributed by atoms with Crippen molar-refractivity contribution in [1.29, 1.82) is 0 Å². The van der Waals surface area contributed by atoms with E-state index in [4.69, 9.17) is 16.0 Å². The lowest BCUT2D eigenvalue weighted by Gasteiger charge is -2.06. The minimum atomic E-state index is -0.365. The molecule has 27 heavy (non-hydrogen) atoms. The number of thiazole rings is 1. The van der Waals surface area contributed by atoms with Crippen LogP contribution in [0.25, 0.3) is 0 Å². The van der Waals surface area contributed by atoms with Gasteiger partial charge in [0.15, 0.2) is 10.6 Å². The average Bonchev–Trinajstić information content (AvgIpc) is 3.21. The molecule has 0 saturated carbocycles. The van der Waals surface area contributed by atoms with E-state index in [2.05, 4.69) is 4.99 Å². The van der Waals surface area contributed by atoms with E-state index in [-0.39, 0.29) is 17.6 Å². The smallest absolute Gasteiger partial charge is 0.289 e. The molecule has 2 amide bonds. The number of nitrogens with zero attached hydrogens (tertiary/aromatic N) is 3. The third kappa shape index (κ3) is 4.56. The highest BCUT2D eigenvalue weighted by atomic mass is 35.5. The first kappa shape index (κ1) is 19.1. The Bertz CT molecular complexity index is 1060. The van der Waals surface area contributed by atoms with Gasteiger partial charge in [0.2, 0.25) is 0 Å². The van der Waals surface area contributed by atoms with Crippen molar-refractivity contribution < 1.29 is 14.0 Å². The number of amides is 2. The molecule has 2 aromatic heterocycles. The third-order valence-corrected chi connectivity index (χ3v) is 4.88. The molecule has 8 heteroatoms. The van der Waals surface area contributed by atoms with Crippen molar-refractivity contribution in [2.24, 2.45) is 4.99 Å². The number of rotatable bonds is 4. The van der Waals surface area contributed by atoms with Gasteiger partial charge in [-0.3, -0.25) is 9.59 Å². The molecule has 140 valence electrons. The van der Waals surface area contributed by atoms with E-state index in [1.165, 1.54) is 16.2 Å². The van der Waals surface area contributed by atoms with Crippen molar-refractivity contribution >= 4 is 34.8 Å². The van der Waals surface area contributed by atoms with Gasteiger partial charge in [-0.2, -0.15) is 4.99 Å². The molecule has 6 nitrogen and oxygen atoms in total. The summed E-state index contributed by atoms with van der Waals surface area (Å²) in [5.74, 6) is 0.315. The first-order valence-electron chi connectivity index (χ1n) is 8.15. The van der Waals surface area contributed by atoms with Crippen LogP contribution in [0.5, 0.6) is 0 Å². The molecule has 0 atom stereocenters. The lowest BCUT2D eigenvalue weighted by Crippen LogP contribution is -2.21. The zero-order chi connectivity index (χ0) is 19.6. The van der Waals surface area contributed by atoms with Gasteiger partial charge in [0.1, 0.15) is 5.76 Å². The largest absolute Gasteiger partial charge is 0.454 e. The number of hydrogen-bond donors (Lipinski definition) is 0. The summed E-state index contributed by atoms with van der Waals surface area (Å²) >= 11 is 7.35. The molecule has 0 unspecified atom stereocenters. The summed E-state index contributed by atoms with van der Waals surface area (Å²) in [6.07, 6.45) is 1.89. The predicted octanol–water partition coefficient (Wildman–Crippen LogP) is 3.60. The van der Waals surface area contributed by atoms with E-state index in [1.54, 1.807) is 50.5 Å². The molecule has 0 bridgehead atoms. The molecule has 2 heterocycles. The molecule has 0 aliphatic heterocycles. The molecular weight excluding hydrogens is 386 g/mol. The molecule has 0 spiro atoms. The summed E-state index contributed by atoms with van der Waals surface area (Å²) in [4.78, 5) is 31.6. The van der Waals surface area contributed by atoms with Crippen LogP contribution < -0.4 is 4.80 Å². The topological polar surface area (TPSA) is 67.8 Å². The number of halogens is 1. The van der Waals surface area contributed by atoms with Gasteiger partial charge in [-0.1, -0.05) is 17.7 Å². The van der Waals surface area contributed by atoms with E-state index >= 15 is 0 Å². The van der Waals surface area contributed by atoms with Crippen molar-refractivity contribution in [3.05, 3.63) is 74.4 Å². The molecule has 3 rings (SSSR count). The molecule has 0 aliphatic carbocycles. The summed E-state index contributed by atoms with van der Waals surface area (Å²) in [5, 5.41) is 0.486. The van der Waals surface area contributed by atoms with Gasteiger partial charge in [-0.15, -0.1) is 11.3 Å². The number of carbonyl (C=O) groups is 2. The van der Waals surface area contributed by atoms with E-state index in [0.29, 0.717) is 27.7 Å². The lowest BCUT2D eigenvalue weighted by molar-refractivity contribution is 0.0794. The van der Waals surface area contributed by atoms with E-state index < -0.39 is 0 Å². The first-order chi connectivity index (χ1) is 12.8. The van der Waals surface area contributed by atoms with Gasteiger partial charge in [-0.25, -0.2) is 0 Å². The minimum absolute atomic E-state index is 0.200. The fourth-order valence-corrected chi connectivity index (χ4v) is 3.46. The van der Waals surface area contributed by atoms with Crippen LogP contribution in [-0.4, -0.2) is 35.4 Å². The Labute approximate surface area is 165 Å². The summed E-state index contributed by atoms with van der Waals surface area (Å²) in [6.45, 7) is 2.31. The summed E-state index contributed by atoms with van der Waals surface area (Å²) in [7, 11) is 3.33. The highest BCUT2D eigenvalue weighted by Gasteiger charge is 2.14. The second-order valence-corrected chi connectivity index (χ2v) is 7.79. The first-order valence-corrected chi connectivity index (χ1v) is 9.35. The maximum Gasteiger partial charge on any atom is 0.289 e. The quantitative estimate of drug-likeness (QED) is 0.668. The Kier molecular flexibility index (Phi) is 5.62. The zero-order valence-electron chi connectivity index (χ0n) is 15.1. The van der Waals surface area contributed by atoms with Crippen LogP contribution in [-0.2, 0) is 6.54 Å². The number of furan rings is 1. The highest BCUT2D eigenvalue weighted by molar-refractivity contribution is 7.09. The summed E-state index contributed by atoms with van der Waals surface area (Å²) < 4.78 is 7.45.